The summed E-state index contributed by atoms with van der Waals surface area (Å²) in [5.41, 5.74) is 0. The number of rotatable bonds is 4. The number of hydrogen-bond donors (Lipinski definition) is 0. The Hall–Kier alpha value is -0.130. The molecule has 0 atom stereocenters. The van der Waals surface area contributed by atoms with Gasteiger partial charge in [-0.3, -0.25) is 0 Å². The van der Waals surface area contributed by atoms with Crippen LogP contribution < -0.4 is 0 Å². The fourth-order valence-corrected chi connectivity index (χ4v) is 1.90. The molecule has 11 heavy (non-hydrogen) atoms. The molecule has 0 saturated heterocycles. The van der Waals surface area contributed by atoms with Crippen LogP contribution in [-0.2, 0) is 11.2 Å². The number of ether oxygens (including phenoxy) is 1. The van der Waals surface area contributed by atoms with Crippen molar-refractivity contribution in [1.29, 1.82) is 0 Å². The minimum atomic E-state index is 0.651. The Morgan fingerprint density at radius 1 is 1.64 bits per heavy atom. The van der Waals surface area contributed by atoms with Crippen LogP contribution in [-0.4, -0.2) is 22.4 Å². The molecule has 0 bridgehead atoms. The average molecular weight is 190 g/mol. The zero-order chi connectivity index (χ0) is 8.10. The minimum Gasteiger partial charge on any atom is -0.374 e. The smallest absolute Gasteiger partial charge is 0.172 e. The number of hydrogen-bond acceptors (Lipinski definition) is 5. The van der Waals surface area contributed by atoms with Crippen LogP contribution in [0.5, 0.6) is 0 Å². The van der Waals surface area contributed by atoms with Gasteiger partial charge in [-0.05, 0) is 11.5 Å². The highest BCUT2D eigenvalue weighted by atomic mass is 32.2. The zero-order valence-electron chi connectivity index (χ0n) is 6.53. The van der Waals surface area contributed by atoms with E-state index in [4.69, 9.17) is 4.74 Å². The molecule has 1 heterocycles. The second-order valence-electron chi connectivity index (χ2n) is 1.88. The van der Waals surface area contributed by atoms with Crippen molar-refractivity contribution in [3.05, 3.63) is 5.82 Å². The molecule has 0 aromatic carbocycles. The van der Waals surface area contributed by atoms with Gasteiger partial charge in [0.2, 0.25) is 0 Å². The van der Waals surface area contributed by atoms with Gasteiger partial charge in [0.05, 0.1) is 5.94 Å². The van der Waals surface area contributed by atoms with Crippen LogP contribution in [0.3, 0.4) is 0 Å². The summed E-state index contributed by atoms with van der Waals surface area (Å²) in [6, 6.07) is 0. The van der Waals surface area contributed by atoms with Gasteiger partial charge in [-0.15, -0.1) is 0 Å². The fraction of sp³-hybridized carbons (Fsp3) is 0.667. The monoisotopic (exact) mass is 190 g/mol. The molecule has 0 aliphatic rings. The molecule has 0 N–H and O–H groups in total. The maximum atomic E-state index is 4.89. The maximum Gasteiger partial charge on any atom is 0.172 e. The highest BCUT2D eigenvalue weighted by Crippen LogP contribution is 2.19. The Bertz CT molecular complexity index is 214. The summed E-state index contributed by atoms with van der Waals surface area (Å²) < 4.78 is 10.0. The highest BCUT2D eigenvalue weighted by Gasteiger charge is 2.00. The van der Waals surface area contributed by atoms with Gasteiger partial charge in [0.1, 0.15) is 5.82 Å². The van der Waals surface area contributed by atoms with E-state index in [1.54, 1.807) is 18.9 Å². The Morgan fingerprint density at radius 3 is 3.00 bits per heavy atom. The van der Waals surface area contributed by atoms with Crippen molar-refractivity contribution in [1.82, 2.24) is 9.36 Å². The van der Waals surface area contributed by atoms with Gasteiger partial charge in [0, 0.05) is 13.5 Å². The van der Waals surface area contributed by atoms with Gasteiger partial charge in [-0.2, -0.15) is 4.37 Å². The predicted molar refractivity (Wildman–Crippen MR) is 47.0 cm³/mol. The lowest BCUT2D eigenvalue weighted by atomic mass is 10.5. The summed E-state index contributed by atoms with van der Waals surface area (Å²) in [5, 5.41) is 0. The minimum absolute atomic E-state index is 0.651. The van der Waals surface area contributed by atoms with Crippen molar-refractivity contribution >= 4 is 23.3 Å². The molecule has 0 radical (unpaired) electrons. The molecule has 1 aromatic heterocycles. The molecule has 5 heteroatoms. The van der Waals surface area contributed by atoms with Crippen molar-refractivity contribution in [3.8, 4) is 0 Å². The number of aromatic nitrogens is 2. The molecule has 3 nitrogen and oxygen atoms in total. The van der Waals surface area contributed by atoms with Crippen LogP contribution in [0.4, 0.5) is 0 Å². The van der Waals surface area contributed by atoms with E-state index in [1.165, 1.54) is 11.5 Å². The van der Waals surface area contributed by atoms with Crippen LogP contribution in [0.2, 0.25) is 0 Å². The van der Waals surface area contributed by atoms with Gasteiger partial charge in [-0.1, -0.05) is 18.7 Å². The van der Waals surface area contributed by atoms with Crippen LogP contribution >= 0.6 is 23.3 Å². The molecule has 1 rings (SSSR count). The van der Waals surface area contributed by atoms with Gasteiger partial charge in [0.15, 0.2) is 4.34 Å². The molecular weight excluding hydrogens is 180 g/mol. The normalized spacial score (nSPS) is 10.4. The maximum absolute atomic E-state index is 4.89. The van der Waals surface area contributed by atoms with Crippen molar-refractivity contribution in [2.45, 2.75) is 17.7 Å². The molecule has 0 aliphatic carbocycles. The Kier molecular flexibility index (Phi) is 3.82. The molecular formula is C6H10N2OS2. The number of nitrogens with zero attached hydrogens (tertiary/aromatic N) is 2. The largest absolute Gasteiger partial charge is 0.374 e. The first kappa shape index (κ1) is 8.96. The summed E-state index contributed by atoms with van der Waals surface area (Å²) in [5.74, 6) is 1.58. The fourth-order valence-electron chi connectivity index (χ4n) is 0.550. The zero-order valence-corrected chi connectivity index (χ0v) is 8.17. The van der Waals surface area contributed by atoms with Crippen molar-refractivity contribution in [2.75, 3.05) is 13.0 Å². The van der Waals surface area contributed by atoms with Crippen LogP contribution in [0.1, 0.15) is 12.7 Å². The van der Waals surface area contributed by atoms with Crippen molar-refractivity contribution in [3.63, 3.8) is 0 Å². The van der Waals surface area contributed by atoms with E-state index in [1.807, 2.05) is 6.92 Å². The van der Waals surface area contributed by atoms with Gasteiger partial charge < -0.3 is 4.74 Å². The first-order chi connectivity index (χ1) is 5.36. The standard InChI is InChI=1S/C6H10N2OS2/c1-3-5-7-6(11-8-5)10-4-9-2/h3-4H2,1-2H3. The Morgan fingerprint density at radius 2 is 2.45 bits per heavy atom. The van der Waals surface area contributed by atoms with Crippen LogP contribution in [0, 0.1) is 0 Å². The first-order valence-corrected chi connectivity index (χ1v) is 5.07. The molecule has 1 aromatic rings. The summed E-state index contributed by atoms with van der Waals surface area (Å²) in [6.07, 6.45) is 0.907. The van der Waals surface area contributed by atoms with E-state index in [0.29, 0.717) is 5.94 Å². The average Bonchev–Trinajstić information content (AvgIpc) is 2.48. The molecule has 62 valence electrons. The molecule has 0 saturated carbocycles. The van der Waals surface area contributed by atoms with Crippen LogP contribution in [0.15, 0.2) is 4.34 Å². The summed E-state index contributed by atoms with van der Waals surface area (Å²) in [7, 11) is 1.68. The third kappa shape index (κ3) is 2.76. The highest BCUT2D eigenvalue weighted by molar-refractivity contribution is 8.00. The van der Waals surface area contributed by atoms with Gasteiger partial charge in [0.25, 0.3) is 0 Å². The van der Waals surface area contributed by atoms with E-state index >= 15 is 0 Å². The molecule has 0 unspecified atom stereocenters. The summed E-state index contributed by atoms with van der Waals surface area (Å²) >= 11 is 3.02. The van der Waals surface area contributed by atoms with Crippen molar-refractivity contribution < 1.29 is 4.74 Å². The lowest BCUT2D eigenvalue weighted by Gasteiger charge is -1.90. The second-order valence-corrected chi connectivity index (χ2v) is 3.80. The third-order valence-corrected chi connectivity index (χ3v) is 2.88. The molecule has 0 amide bonds. The second kappa shape index (κ2) is 4.69. The lowest BCUT2D eigenvalue weighted by molar-refractivity contribution is 0.259. The number of aryl methyl sites for hydroxylation is 1. The van der Waals surface area contributed by atoms with Gasteiger partial charge in [-0.25, -0.2) is 4.98 Å². The van der Waals surface area contributed by atoms with Crippen LogP contribution in [0.25, 0.3) is 0 Å². The number of thioether (sulfide) groups is 1. The van der Waals surface area contributed by atoms with E-state index in [9.17, 15) is 0 Å². The van der Waals surface area contributed by atoms with E-state index in [0.717, 1.165) is 16.6 Å². The molecule has 0 fully saturated rings. The lowest BCUT2D eigenvalue weighted by Crippen LogP contribution is -1.83. The molecule has 0 spiro atoms. The van der Waals surface area contributed by atoms with E-state index in [2.05, 4.69) is 9.36 Å². The Balaban J connectivity index is 2.44. The first-order valence-electron chi connectivity index (χ1n) is 3.31. The third-order valence-electron chi connectivity index (χ3n) is 1.07. The topological polar surface area (TPSA) is 35.0 Å². The SMILES string of the molecule is CCc1nsc(SCOC)n1. The summed E-state index contributed by atoms with van der Waals surface area (Å²) in [4.78, 5) is 4.26. The quantitative estimate of drug-likeness (QED) is 0.535. The van der Waals surface area contributed by atoms with E-state index in [-0.39, 0.29) is 0 Å². The van der Waals surface area contributed by atoms with Crippen molar-refractivity contribution in [2.24, 2.45) is 0 Å². The molecule has 0 aliphatic heterocycles. The predicted octanol–water partition coefficient (Wildman–Crippen LogP) is 1.80. The summed E-state index contributed by atoms with van der Waals surface area (Å²) in [6.45, 7) is 2.05. The Labute approximate surface area is 74.3 Å². The number of methoxy groups -OCH3 is 1. The van der Waals surface area contributed by atoms with E-state index < -0.39 is 0 Å². The van der Waals surface area contributed by atoms with Gasteiger partial charge >= 0.3 is 0 Å².